The second-order valence-corrected chi connectivity index (χ2v) is 23.2. The van der Waals surface area contributed by atoms with Gasteiger partial charge in [-0.1, -0.05) is 138 Å². The molecule has 40 heavy (non-hydrogen) atoms. The Morgan fingerprint density at radius 2 is 1.27 bits per heavy atom. The summed E-state index contributed by atoms with van der Waals surface area (Å²) in [4.78, 5) is 0. The molecule has 0 N–H and O–H groups in total. The van der Waals surface area contributed by atoms with E-state index in [4.69, 9.17) is 0 Å². The Morgan fingerprint density at radius 3 is 1.88 bits per heavy atom. The molecule has 0 amide bonds. The van der Waals surface area contributed by atoms with Crippen LogP contribution in [-0.4, -0.2) is 8.07 Å². The van der Waals surface area contributed by atoms with Crippen LogP contribution < -0.4 is 0 Å². The highest BCUT2D eigenvalue weighted by atomic mass is 28.3. The molecule has 0 heterocycles. The predicted molar refractivity (Wildman–Crippen MR) is 179 cm³/mol. The molecule has 0 spiro atoms. The number of benzene rings is 1. The molecule has 0 radical (unpaired) electrons. The van der Waals surface area contributed by atoms with Gasteiger partial charge in [0, 0.05) is 0 Å². The zero-order chi connectivity index (χ0) is 29.0. The van der Waals surface area contributed by atoms with E-state index in [0.717, 1.165) is 52.5 Å². The van der Waals surface area contributed by atoms with Gasteiger partial charge < -0.3 is 0 Å². The molecule has 0 bridgehead atoms. The van der Waals surface area contributed by atoms with E-state index in [2.05, 4.69) is 86.7 Å². The van der Waals surface area contributed by atoms with Crippen LogP contribution in [0.3, 0.4) is 0 Å². The van der Waals surface area contributed by atoms with Gasteiger partial charge in [0.25, 0.3) is 0 Å². The molecule has 4 aliphatic rings. The normalized spacial score (nSPS) is 35.9. The molecule has 5 rings (SSSR count). The highest BCUT2D eigenvalue weighted by Crippen LogP contribution is 2.65. The molecular formula is C39H66Si. The van der Waals surface area contributed by atoms with Gasteiger partial charge in [-0.05, 0) is 106 Å². The number of hydrogen-bond acceptors (Lipinski definition) is 0. The Morgan fingerprint density at radius 1 is 0.700 bits per heavy atom. The number of rotatable bonds is 6. The van der Waals surface area contributed by atoms with Crippen molar-refractivity contribution >= 4 is 8.07 Å². The van der Waals surface area contributed by atoms with Crippen LogP contribution in [-0.2, 0) is 10.8 Å². The van der Waals surface area contributed by atoms with Gasteiger partial charge in [0.05, 0.1) is 8.07 Å². The first-order valence-electron chi connectivity index (χ1n) is 17.9. The van der Waals surface area contributed by atoms with Crippen molar-refractivity contribution in [3.05, 3.63) is 34.9 Å². The van der Waals surface area contributed by atoms with Crippen LogP contribution in [0.2, 0.25) is 24.2 Å². The Labute approximate surface area is 251 Å². The van der Waals surface area contributed by atoms with E-state index in [1.54, 1.807) is 42.4 Å². The minimum Gasteiger partial charge on any atom is -0.0689 e. The van der Waals surface area contributed by atoms with Crippen molar-refractivity contribution in [3.8, 4) is 0 Å². The van der Waals surface area contributed by atoms with E-state index in [1.807, 2.05) is 0 Å². The van der Waals surface area contributed by atoms with Gasteiger partial charge in [-0.3, -0.25) is 0 Å². The Bertz CT molecular complexity index is 972. The lowest BCUT2D eigenvalue weighted by atomic mass is 9.69. The molecule has 4 saturated carbocycles. The van der Waals surface area contributed by atoms with Crippen LogP contribution in [0.5, 0.6) is 0 Å². The van der Waals surface area contributed by atoms with E-state index < -0.39 is 8.07 Å². The summed E-state index contributed by atoms with van der Waals surface area (Å²) in [5.74, 6) is 6.87. The minimum atomic E-state index is -1.38. The zero-order valence-electron chi connectivity index (χ0n) is 28.4. The number of fused-ring (bicyclic) bond motifs is 2. The number of hydrogen-bond donors (Lipinski definition) is 0. The lowest BCUT2D eigenvalue weighted by Gasteiger charge is -2.46. The fourth-order valence-corrected chi connectivity index (χ4v) is 16.6. The second kappa shape index (κ2) is 11.5. The van der Waals surface area contributed by atoms with Crippen LogP contribution in [0.4, 0.5) is 0 Å². The van der Waals surface area contributed by atoms with Crippen molar-refractivity contribution in [1.29, 1.82) is 0 Å². The van der Waals surface area contributed by atoms with Gasteiger partial charge in [0.15, 0.2) is 0 Å². The third kappa shape index (κ3) is 5.82. The maximum absolute atomic E-state index is 2.91. The van der Waals surface area contributed by atoms with Crippen molar-refractivity contribution in [2.45, 2.75) is 173 Å². The maximum atomic E-state index is 2.91. The van der Waals surface area contributed by atoms with Crippen molar-refractivity contribution in [3.63, 3.8) is 0 Å². The first-order chi connectivity index (χ1) is 18.7. The molecule has 4 fully saturated rings. The Kier molecular flexibility index (Phi) is 8.88. The third-order valence-corrected chi connectivity index (χ3v) is 18.6. The van der Waals surface area contributed by atoms with E-state index in [-0.39, 0.29) is 10.8 Å². The van der Waals surface area contributed by atoms with E-state index >= 15 is 0 Å². The predicted octanol–water partition coefficient (Wildman–Crippen LogP) is 12.3. The van der Waals surface area contributed by atoms with Crippen LogP contribution >= 0.6 is 0 Å². The fraction of sp³-hybridized carbons (Fsp3) is 0.846. The molecule has 9 atom stereocenters. The Hall–Kier alpha value is -0.563. The molecule has 1 aromatic carbocycles. The molecule has 0 nitrogen and oxygen atoms in total. The van der Waals surface area contributed by atoms with Crippen LogP contribution in [0.25, 0.3) is 0 Å². The average molecular weight is 563 g/mol. The first-order valence-corrected chi connectivity index (χ1v) is 21.0. The van der Waals surface area contributed by atoms with E-state index in [0.29, 0.717) is 0 Å². The lowest BCUT2D eigenvalue weighted by Crippen LogP contribution is -2.44. The molecule has 1 heteroatoms. The zero-order valence-corrected chi connectivity index (χ0v) is 29.4. The van der Waals surface area contributed by atoms with Gasteiger partial charge in [-0.25, -0.2) is 0 Å². The van der Waals surface area contributed by atoms with Crippen LogP contribution in [0.15, 0.2) is 18.2 Å². The standard InChI is InChI=1S/C39H66Si/c1-11-15-26(2)35-25-37(34-17-13-12-16-31(34)35)40(9,10)36-21-20-32-30(18-14-19-33(32)36)27-22-28(38(3,4)5)24-29(23-27)39(6,7)8/h22-24,26,30-37H,11-21,25H2,1-10H3. The smallest absolute Gasteiger partial charge is 0.0541 e. The third-order valence-electron chi connectivity index (χ3n) is 13.4. The monoisotopic (exact) mass is 562 g/mol. The quantitative estimate of drug-likeness (QED) is 0.302. The Balaban J connectivity index is 1.42. The van der Waals surface area contributed by atoms with E-state index in [9.17, 15) is 0 Å². The van der Waals surface area contributed by atoms with Gasteiger partial charge >= 0.3 is 0 Å². The summed E-state index contributed by atoms with van der Waals surface area (Å²) < 4.78 is 0. The molecule has 4 aliphatic carbocycles. The SMILES string of the molecule is CCCC(C)C1CC([Si](C)(C)C2CCC3C(c4cc(C(C)(C)C)cc(C(C)(C)C)c4)CCCC32)C2CCCCC12. The van der Waals surface area contributed by atoms with Crippen molar-refractivity contribution in [2.75, 3.05) is 0 Å². The van der Waals surface area contributed by atoms with Crippen LogP contribution in [0.1, 0.15) is 155 Å². The summed E-state index contributed by atoms with van der Waals surface area (Å²) in [6, 6.07) is 7.84. The average Bonchev–Trinajstić information content (AvgIpc) is 3.50. The van der Waals surface area contributed by atoms with Crippen molar-refractivity contribution < 1.29 is 0 Å². The molecule has 0 aliphatic heterocycles. The van der Waals surface area contributed by atoms with Crippen LogP contribution in [0, 0.1) is 35.5 Å². The molecule has 1 aromatic rings. The molecule has 0 saturated heterocycles. The molecule has 0 aromatic heterocycles. The van der Waals surface area contributed by atoms with Gasteiger partial charge in [0.2, 0.25) is 0 Å². The maximum Gasteiger partial charge on any atom is 0.0541 e. The van der Waals surface area contributed by atoms with Gasteiger partial charge in [-0.2, -0.15) is 0 Å². The fourth-order valence-electron chi connectivity index (χ4n) is 11.2. The van der Waals surface area contributed by atoms with E-state index in [1.165, 1.54) is 51.4 Å². The van der Waals surface area contributed by atoms with Crippen molar-refractivity contribution in [2.24, 2.45) is 35.5 Å². The van der Waals surface area contributed by atoms with Crippen molar-refractivity contribution in [1.82, 2.24) is 0 Å². The summed E-state index contributed by atoms with van der Waals surface area (Å²) in [6.07, 6.45) is 18.1. The largest absolute Gasteiger partial charge is 0.0689 e. The minimum absolute atomic E-state index is 0.210. The molecule has 9 unspecified atom stereocenters. The molecule has 226 valence electrons. The summed E-state index contributed by atoms with van der Waals surface area (Å²) in [5.41, 5.74) is 7.41. The van der Waals surface area contributed by atoms with Gasteiger partial charge in [-0.15, -0.1) is 0 Å². The second-order valence-electron chi connectivity index (χ2n) is 18.1. The summed E-state index contributed by atoms with van der Waals surface area (Å²) >= 11 is 0. The first kappa shape index (κ1) is 30.9. The van der Waals surface area contributed by atoms with Gasteiger partial charge in [0.1, 0.15) is 0 Å². The molecular weight excluding hydrogens is 497 g/mol. The summed E-state index contributed by atoms with van der Waals surface area (Å²) in [6.45, 7) is 25.3. The topological polar surface area (TPSA) is 0 Å². The summed E-state index contributed by atoms with van der Waals surface area (Å²) in [5, 5.41) is 0. The highest BCUT2D eigenvalue weighted by molar-refractivity contribution is 6.80. The lowest BCUT2D eigenvalue weighted by molar-refractivity contribution is 0.179. The highest BCUT2D eigenvalue weighted by Gasteiger charge is 2.57. The summed E-state index contributed by atoms with van der Waals surface area (Å²) in [7, 11) is -1.38.